The van der Waals surface area contributed by atoms with Gasteiger partial charge in [-0.05, 0) is 6.92 Å². The molecule has 0 spiro atoms. The monoisotopic (exact) mass is 245 g/mol. The average molecular weight is 245 g/mol. The summed E-state index contributed by atoms with van der Waals surface area (Å²) in [7, 11) is 1.90. The van der Waals surface area contributed by atoms with Crippen molar-refractivity contribution in [3.8, 4) is 6.07 Å². The van der Waals surface area contributed by atoms with Gasteiger partial charge in [0, 0.05) is 20.1 Å². The van der Waals surface area contributed by atoms with Gasteiger partial charge in [0.05, 0.1) is 18.8 Å². The third-order valence-electron chi connectivity index (χ3n) is 2.52. The predicted octanol–water partition coefficient (Wildman–Crippen LogP) is 1.13. The molecule has 2 rings (SSSR count). The Hall–Kier alpha value is -2.36. The van der Waals surface area contributed by atoms with E-state index in [2.05, 4.69) is 31.3 Å². The van der Waals surface area contributed by atoms with E-state index >= 15 is 0 Å². The van der Waals surface area contributed by atoms with E-state index in [1.54, 1.807) is 6.33 Å². The lowest BCUT2D eigenvalue weighted by Crippen LogP contribution is -2.20. The summed E-state index contributed by atoms with van der Waals surface area (Å²) in [5.41, 5.74) is 1.41. The van der Waals surface area contributed by atoms with E-state index in [1.165, 1.54) is 0 Å². The van der Waals surface area contributed by atoms with E-state index in [0.29, 0.717) is 24.6 Å². The Kier molecular flexibility index (Phi) is 3.57. The van der Waals surface area contributed by atoms with Crippen LogP contribution in [0.2, 0.25) is 0 Å². The fourth-order valence-electron chi connectivity index (χ4n) is 1.65. The number of nitrogens with zero attached hydrogens (tertiary/aromatic N) is 5. The molecule has 0 aliphatic carbocycles. The minimum atomic E-state index is 0.451. The molecule has 0 unspecified atom stereocenters. The van der Waals surface area contributed by atoms with E-state index in [1.807, 2.05) is 18.9 Å². The average Bonchev–Trinajstić information content (AvgIpc) is 2.83. The van der Waals surface area contributed by atoms with Crippen molar-refractivity contribution in [2.75, 3.05) is 30.4 Å². The highest BCUT2D eigenvalue weighted by Crippen LogP contribution is 2.21. The number of anilines is 2. The number of nitriles is 1. The smallest absolute Gasteiger partial charge is 0.226 e. The van der Waals surface area contributed by atoms with Gasteiger partial charge in [0.15, 0.2) is 11.5 Å². The quantitative estimate of drug-likeness (QED) is 0.820. The van der Waals surface area contributed by atoms with E-state index in [0.717, 1.165) is 17.9 Å². The second-order valence-electron chi connectivity index (χ2n) is 3.83. The molecular formula is C11H15N7. The number of rotatable bonds is 5. The highest BCUT2D eigenvalue weighted by molar-refractivity contribution is 5.84. The van der Waals surface area contributed by atoms with Crippen LogP contribution in [0.15, 0.2) is 6.33 Å². The molecule has 0 saturated heterocycles. The van der Waals surface area contributed by atoms with Crippen LogP contribution in [-0.2, 0) is 0 Å². The molecule has 0 atom stereocenters. The zero-order valence-corrected chi connectivity index (χ0v) is 10.4. The van der Waals surface area contributed by atoms with Crippen LogP contribution in [0, 0.1) is 11.3 Å². The number of hydrogen-bond donors (Lipinski definition) is 2. The molecule has 0 aliphatic rings. The van der Waals surface area contributed by atoms with Crippen molar-refractivity contribution >= 4 is 22.9 Å². The van der Waals surface area contributed by atoms with E-state index in [4.69, 9.17) is 5.26 Å². The predicted molar refractivity (Wildman–Crippen MR) is 69.3 cm³/mol. The second kappa shape index (κ2) is 5.31. The van der Waals surface area contributed by atoms with Crippen LogP contribution >= 0.6 is 0 Å². The van der Waals surface area contributed by atoms with Gasteiger partial charge in [-0.2, -0.15) is 15.2 Å². The molecule has 2 aromatic heterocycles. The summed E-state index contributed by atoms with van der Waals surface area (Å²) in [5.74, 6) is 1.31. The van der Waals surface area contributed by atoms with Gasteiger partial charge >= 0.3 is 0 Å². The normalized spacial score (nSPS) is 10.3. The fourth-order valence-corrected chi connectivity index (χ4v) is 1.65. The van der Waals surface area contributed by atoms with Crippen molar-refractivity contribution in [3.05, 3.63) is 6.33 Å². The molecule has 0 bridgehead atoms. The number of H-pyrrole nitrogens is 1. The van der Waals surface area contributed by atoms with Gasteiger partial charge in [0.1, 0.15) is 5.52 Å². The van der Waals surface area contributed by atoms with Crippen LogP contribution < -0.4 is 10.2 Å². The number of nitrogens with one attached hydrogen (secondary N) is 2. The molecule has 2 aromatic rings. The molecule has 0 radical (unpaired) electrons. The summed E-state index contributed by atoms with van der Waals surface area (Å²) < 4.78 is 0. The molecule has 2 N–H and O–H groups in total. The van der Waals surface area contributed by atoms with Gasteiger partial charge in [-0.3, -0.25) is 0 Å². The van der Waals surface area contributed by atoms with E-state index in [9.17, 15) is 0 Å². The van der Waals surface area contributed by atoms with Crippen LogP contribution in [-0.4, -0.2) is 40.1 Å². The molecule has 7 nitrogen and oxygen atoms in total. The van der Waals surface area contributed by atoms with Crippen molar-refractivity contribution in [2.24, 2.45) is 0 Å². The summed E-state index contributed by atoms with van der Waals surface area (Å²) in [5, 5.41) is 11.7. The number of imidazole rings is 1. The van der Waals surface area contributed by atoms with Gasteiger partial charge in [-0.25, -0.2) is 4.98 Å². The Morgan fingerprint density at radius 3 is 3.06 bits per heavy atom. The molecule has 0 saturated carbocycles. The lowest BCUT2D eigenvalue weighted by molar-refractivity contribution is 0.885. The zero-order chi connectivity index (χ0) is 13.0. The van der Waals surface area contributed by atoms with Crippen molar-refractivity contribution < 1.29 is 0 Å². The van der Waals surface area contributed by atoms with Crippen LogP contribution in [0.25, 0.3) is 11.2 Å². The first kappa shape index (κ1) is 12.1. The molecule has 0 amide bonds. The molecule has 0 aromatic carbocycles. The minimum Gasteiger partial charge on any atom is -0.357 e. The summed E-state index contributed by atoms with van der Waals surface area (Å²) in [6.45, 7) is 3.35. The summed E-state index contributed by atoms with van der Waals surface area (Å²) in [6, 6.07) is 2.12. The van der Waals surface area contributed by atoms with Gasteiger partial charge in [-0.15, -0.1) is 0 Å². The van der Waals surface area contributed by atoms with Crippen molar-refractivity contribution in [2.45, 2.75) is 13.3 Å². The Morgan fingerprint density at radius 2 is 2.33 bits per heavy atom. The Morgan fingerprint density at radius 1 is 1.50 bits per heavy atom. The second-order valence-corrected chi connectivity index (χ2v) is 3.83. The maximum Gasteiger partial charge on any atom is 0.226 e. The Labute approximate surface area is 105 Å². The summed E-state index contributed by atoms with van der Waals surface area (Å²) >= 11 is 0. The Bertz CT molecular complexity index is 568. The van der Waals surface area contributed by atoms with Crippen molar-refractivity contribution in [1.82, 2.24) is 19.9 Å². The van der Waals surface area contributed by atoms with E-state index < -0.39 is 0 Å². The van der Waals surface area contributed by atoms with E-state index in [-0.39, 0.29) is 0 Å². The number of aromatic nitrogens is 4. The largest absolute Gasteiger partial charge is 0.357 e. The molecular weight excluding hydrogens is 230 g/mol. The highest BCUT2D eigenvalue weighted by atomic mass is 15.2. The SMILES string of the molecule is CCNc1nc(N(C)CCC#N)c2[nH]cnc2n1. The third kappa shape index (κ3) is 2.32. The third-order valence-corrected chi connectivity index (χ3v) is 2.52. The number of aromatic amines is 1. The highest BCUT2D eigenvalue weighted by Gasteiger charge is 2.13. The van der Waals surface area contributed by atoms with Crippen LogP contribution in [0.4, 0.5) is 11.8 Å². The minimum absolute atomic E-state index is 0.451. The van der Waals surface area contributed by atoms with Gasteiger partial charge in [-0.1, -0.05) is 0 Å². The lowest BCUT2D eigenvalue weighted by atomic mass is 10.4. The molecule has 18 heavy (non-hydrogen) atoms. The first-order valence-corrected chi connectivity index (χ1v) is 5.79. The molecule has 7 heteroatoms. The molecule has 0 aliphatic heterocycles. The maximum absolute atomic E-state index is 8.63. The lowest BCUT2D eigenvalue weighted by Gasteiger charge is -2.17. The van der Waals surface area contributed by atoms with Gasteiger partial charge in [0.2, 0.25) is 5.95 Å². The van der Waals surface area contributed by atoms with Crippen LogP contribution in [0.3, 0.4) is 0 Å². The standard InChI is InChI=1S/C11H15N7/c1-3-13-11-16-9-8(14-7-15-9)10(17-11)18(2)6-4-5-12/h7H,3-4,6H2,1-2H3,(H2,13,14,15,16,17). The van der Waals surface area contributed by atoms with Gasteiger partial charge in [0.25, 0.3) is 0 Å². The Balaban J connectivity index is 2.40. The number of fused-ring (bicyclic) bond motifs is 1. The van der Waals surface area contributed by atoms with Crippen LogP contribution in [0.5, 0.6) is 0 Å². The summed E-state index contributed by atoms with van der Waals surface area (Å²) in [4.78, 5) is 17.8. The topological polar surface area (TPSA) is 93.5 Å². The number of hydrogen-bond acceptors (Lipinski definition) is 6. The first-order valence-electron chi connectivity index (χ1n) is 5.79. The maximum atomic E-state index is 8.63. The van der Waals surface area contributed by atoms with Crippen LogP contribution in [0.1, 0.15) is 13.3 Å². The fraction of sp³-hybridized carbons (Fsp3) is 0.455. The van der Waals surface area contributed by atoms with Crippen molar-refractivity contribution in [3.63, 3.8) is 0 Å². The van der Waals surface area contributed by atoms with Gasteiger partial charge < -0.3 is 15.2 Å². The van der Waals surface area contributed by atoms with Crippen molar-refractivity contribution in [1.29, 1.82) is 5.26 Å². The first-order chi connectivity index (χ1) is 8.76. The zero-order valence-electron chi connectivity index (χ0n) is 10.4. The molecule has 0 fully saturated rings. The molecule has 2 heterocycles. The molecule has 94 valence electrons. The summed E-state index contributed by atoms with van der Waals surface area (Å²) in [6.07, 6.45) is 2.05.